The molecule has 5 heteroatoms. The van der Waals surface area contributed by atoms with Gasteiger partial charge in [0.15, 0.2) is 0 Å². The second kappa shape index (κ2) is 8.00. The van der Waals surface area contributed by atoms with E-state index in [9.17, 15) is 4.79 Å². The van der Waals surface area contributed by atoms with Crippen molar-refractivity contribution in [2.45, 2.75) is 0 Å². The van der Waals surface area contributed by atoms with Crippen LogP contribution < -0.4 is 10.2 Å². The highest BCUT2D eigenvalue weighted by atomic mass is 35.5. The van der Waals surface area contributed by atoms with Crippen LogP contribution in [0.3, 0.4) is 0 Å². The molecule has 0 radical (unpaired) electrons. The van der Waals surface area contributed by atoms with E-state index in [1.165, 1.54) is 0 Å². The van der Waals surface area contributed by atoms with Crippen molar-refractivity contribution in [1.29, 1.82) is 0 Å². The van der Waals surface area contributed by atoms with Crippen LogP contribution in [-0.2, 0) is 0 Å². The van der Waals surface area contributed by atoms with Crippen molar-refractivity contribution < 1.29 is 9.53 Å². The molecule has 4 nitrogen and oxygen atoms in total. The molecule has 22 heavy (non-hydrogen) atoms. The summed E-state index contributed by atoms with van der Waals surface area (Å²) in [5.74, 6) is 0.145. The highest BCUT2D eigenvalue weighted by Crippen LogP contribution is 2.17. The fraction of sp³-hybridized carbons (Fsp3) is 0.0588. The van der Waals surface area contributed by atoms with Crippen molar-refractivity contribution in [3.05, 3.63) is 77.3 Å². The molecular formula is C17H15ClN2O2. The number of hydrazone groups is 1. The first-order chi connectivity index (χ1) is 10.7. The minimum Gasteiger partial charge on any atom is -0.489 e. The Bertz CT molecular complexity index is 681. The van der Waals surface area contributed by atoms with Crippen molar-refractivity contribution in [3.8, 4) is 5.75 Å². The van der Waals surface area contributed by atoms with Crippen molar-refractivity contribution in [1.82, 2.24) is 5.43 Å². The Morgan fingerprint density at radius 3 is 2.68 bits per heavy atom. The Kier molecular flexibility index (Phi) is 5.74. The Labute approximate surface area is 134 Å². The van der Waals surface area contributed by atoms with Crippen molar-refractivity contribution >= 4 is 23.7 Å². The Hall–Kier alpha value is -2.59. The van der Waals surface area contributed by atoms with Crippen LogP contribution in [0.2, 0.25) is 5.02 Å². The van der Waals surface area contributed by atoms with Gasteiger partial charge in [-0.2, -0.15) is 5.10 Å². The molecular weight excluding hydrogens is 300 g/mol. The maximum atomic E-state index is 12.1. The van der Waals surface area contributed by atoms with Gasteiger partial charge in [-0.1, -0.05) is 48.5 Å². The van der Waals surface area contributed by atoms with E-state index >= 15 is 0 Å². The summed E-state index contributed by atoms with van der Waals surface area (Å²) in [6.45, 7) is 3.91. The summed E-state index contributed by atoms with van der Waals surface area (Å²) in [6, 6.07) is 14.1. The summed E-state index contributed by atoms with van der Waals surface area (Å²) < 4.78 is 5.44. The second-order valence-electron chi connectivity index (χ2n) is 4.35. The van der Waals surface area contributed by atoms with E-state index in [-0.39, 0.29) is 5.91 Å². The van der Waals surface area contributed by atoms with Gasteiger partial charge in [0.1, 0.15) is 12.4 Å². The van der Waals surface area contributed by atoms with Crippen molar-refractivity contribution in [2.24, 2.45) is 5.10 Å². The molecule has 0 aliphatic heterocycles. The lowest BCUT2D eigenvalue weighted by molar-refractivity contribution is 0.0951. The summed E-state index contributed by atoms with van der Waals surface area (Å²) in [7, 11) is 0. The van der Waals surface area contributed by atoms with Gasteiger partial charge in [0, 0.05) is 5.02 Å². The number of hydrogen-bond donors (Lipinski definition) is 1. The van der Waals surface area contributed by atoms with Gasteiger partial charge < -0.3 is 4.74 Å². The molecule has 0 atom stereocenters. The van der Waals surface area contributed by atoms with Crippen LogP contribution in [0.15, 0.2) is 66.3 Å². The van der Waals surface area contributed by atoms with Crippen LogP contribution in [0.5, 0.6) is 5.75 Å². The molecule has 1 amide bonds. The number of amides is 1. The molecule has 2 aromatic carbocycles. The molecule has 0 saturated heterocycles. The van der Waals surface area contributed by atoms with Gasteiger partial charge in [0.05, 0.1) is 11.8 Å². The maximum absolute atomic E-state index is 12.1. The number of halogens is 1. The van der Waals surface area contributed by atoms with E-state index in [4.69, 9.17) is 16.3 Å². The Morgan fingerprint density at radius 2 is 1.95 bits per heavy atom. The van der Waals surface area contributed by atoms with Crippen LogP contribution in [0.25, 0.3) is 0 Å². The summed E-state index contributed by atoms with van der Waals surface area (Å²) in [6.07, 6.45) is 3.16. The second-order valence-corrected chi connectivity index (χ2v) is 4.78. The van der Waals surface area contributed by atoms with Crippen LogP contribution in [0.1, 0.15) is 15.9 Å². The highest BCUT2D eigenvalue weighted by Gasteiger charge is 2.10. The summed E-state index contributed by atoms with van der Waals surface area (Å²) >= 11 is 5.80. The normalized spacial score (nSPS) is 10.4. The lowest BCUT2D eigenvalue weighted by Gasteiger charge is -2.08. The lowest BCUT2D eigenvalue weighted by atomic mass is 10.2. The molecule has 2 aromatic rings. The van der Waals surface area contributed by atoms with Gasteiger partial charge in [-0.3, -0.25) is 4.79 Å². The van der Waals surface area contributed by atoms with Gasteiger partial charge in [0.2, 0.25) is 0 Å². The molecule has 0 aliphatic rings. The number of benzene rings is 2. The molecule has 0 aromatic heterocycles. The SMILES string of the molecule is C=CCOc1ccccc1C(=O)N/N=C/c1ccc(Cl)cc1. The molecule has 0 saturated carbocycles. The third kappa shape index (κ3) is 4.46. The van der Waals surface area contributed by atoms with E-state index in [0.29, 0.717) is 22.9 Å². The monoisotopic (exact) mass is 314 g/mol. The molecule has 0 aliphatic carbocycles. The smallest absolute Gasteiger partial charge is 0.275 e. The maximum Gasteiger partial charge on any atom is 0.275 e. The average molecular weight is 315 g/mol. The van der Waals surface area contributed by atoms with E-state index in [2.05, 4.69) is 17.1 Å². The predicted molar refractivity (Wildman–Crippen MR) is 88.6 cm³/mol. The fourth-order valence-electron chi connectivity index (χ4n) is 1.70. The average Bonchev–Trinajstić information content (AvgIpc) is 2.55. The van der Waals surface area contributed by atoms with Gasteiger partial charge >= 0.3 is 0 Å². The molecule has 1 N–H and O–H groups in total. The Morgan fingerprint density at radius 1 is 1.23 bits per heavy atom. The zero-order chi connectivity index (χ0) is 15.8. The number of ether oxygens (including phenoxy) is 1. The molecule has 0 heterocycles. The van der Waals surface area contributed by atoms with Crippen LogP contribution in [0, 0.1) is 0 Å². The quantitative estimate of drug-likeness (QED) is 0.502. The number of carbonyl (C=O) groups is 1. The first kappa shape index (κ1) is 15.8. The first-order valence-corrected chi connectivity index (χ1v) is 7.00. The van der Waals surface area contributed by atoms with Crippen LogP contribution in [0.4, 0.5) is 0 Å². The molecule has 0 unspecified atom stereocenters. The lowest BCUT2D eigenvalue weighted by Crippen LogP contribution is -2.18. The third-order valence-electron chi connectivity index (χ3n) is 2.74. The van der Waals surface area contributed by atoms with E-state index in [1.54, 1.807) is 60.8 Å². The number of nitrogens with one attached hydrogen (secondary N) is 1. The van der Waals surface area contributed by atoms with Crippen LogP contribution in [-0.4, -0.2) is 18.7 Å². The highest BCUT2D eigenvalue weighted by molar-refractivity contribution is 6.30. The van der Waals surface area contributed by atoms with Crippen molar-refractivity contribution in [3.63, 3.8) is 0 Å². The predicted octanol–water partition coefficient (Wildman–Crippen LogP) is 3.67. The number of hydrogen-bond acceptors (Lipinski definition) is 3. The number of carbonyl (C=O) groups excluding carboxylic acids is 1. The van der Waals surface area contributed by atoms with E-state index < -0.39 is 0 Å². The van der Waals surface area contributed by atoms with Gasteiger partial charge in [-0.25, -0.2) is 5.43 Å². The number of para-hydroxylation sites is 1. The third-order valence-corrected chi connectivity index (χ3v) is 2.99. The molecule has 0 fully saturated rings. The summed E-state index contributed by atoms with van der Waals surface area (Å²) in [5, 5.41) is 4.57. The minimum atomic E-state index is -0.343. The van der Waals surface area contributed by atoms with Crippen molar-refractivity contribution in [2.75, 3.05) is 6.61 Å². The summed E-state index contributed by atoms with van der Waals surface area (Å²) in [4.78, 5) is 12.1. The number of rotatable bonds is 6. The Balaban J connectivity index is 2.03. The first-order valence-electron chi connectivity index (χ1n) is 6.62. The molecule has 0 bridgehead atoms. The zero-order valence-electron chi connectivity index (χ0n) is 11.8. The standard InChI is InChI=1S/C17H15ClN2O2/c1-2-11-22-16-6-4-3-5-15(16)17(21)20-19-12-13-7-9-14(18)10-8-13/h2-10,12H,1,11H2,(H,20,21)/b19-12+. The molecule has 0 spiro atoms. The minimum absolute atomic E-state index is 0.332. The zero-order valence-corrected chi connectivity index (χ0v) is 12.6. The molecule has 112 valence electrons. The van der Waals surface area contributed by atoms with Gasteiger partial charge in [-0.05, 0) is 29.8 Å². The number of nitrogens with zero attached hydrogens (tertiary/aromatic N) is 1. The topological polar surface area (TPSA) is 50.7 Å². The van der Waals surface area contributed by atoms with Gasteiger partial charge in [-0.15, -0.1) is 0 Å². The van der Waals surface area contributed by atoms with E-state index in [0.717, 1.165) is 5.56 Å². The van der Waals surface area contributed by atoms with Crippen LogP contribution >= 0.6 is 11.6 Å². The largest absolute Gasteiger partial charge is 0.489 e. The fourth-order valence-corrected chi connectivity index (χ4v) is 1.83. The molecule has 2 rings (SSSR count). The van der Waals surface area contributed by atoms with E-state index in [1.807, 2.05) is 0 Å². The van der Waals surface area contributed by atoms with Gasteiger partial charge in [0.25, 0.3) is 5.91 Å². The summed E-state index contributed by atoms with van der Waals surface area (Å²) in [5.41, 5.74) is 3.72.